The molecule has 8 nitrogen and oxygen atoms in total. The Morgan fingerprint density at radius 2 is 1.84 bits per heavy atom. The molecule has 160 valence electrons. The number of hydrogen-bond acceptors (Lipinski definition) is 6. The first kappa shape index (κ1) is 19.6. The molecule has 31 heavy (non-hydrogen) atoms. The second-order valence-corrected chi connectivity index (χ2v) is 8.32. The van der Waals surface area contributed by atoms with Gasteiger partial charge in [0.1, 0.15) is 11.5 Å². The summed E-state index contributed by atoms with van der Waals surface area (Å²) in [7, 11) is 0. The van der Waals surface area contributed by atoms with Gasteiger partial charge in [-0.25, -0.2) is 4.98 Å². The largest absolute Gasteiger partial charge is 0.367 e. The van der Waals surface area contributed by atoms with E-state index in [9.17, 15) is 0 Å². The highest BCUT2D eigenvalue weighted by molar-refractivity contribution is 5.60. The summed E-state index contributed by atoms with van der Waals surface area (Å²) in [5.74, 6) is 2.28. The molecule has 1 fully saturated rings. The molecule has 1 aromatic carbocycles. The monoisotopic (exact) mass is 416 g/mol. The van der Waals surface area contributed by atoms with Gasteiger partial charge in [0.2, 0.25) is 5.95 Å². The van der Waals surface area contributed by atoms with Crippen LogP contribution in [0.15, 0.2) is 48.7 Å². The van der Waals surface area contributed by atoms with E-state index in [1.807, 2.05) is 36.6 Å². The molecule has 0 aliphatic carbocycles. The normalized spacial score (nSPS) is 15.4. The van der Waals surface area contributed by atoms with Crippen LogP contribution in [0.2, 0.25) is 0 Å². The lowest BCUT2D eigenvalue weighted by molar-refractivity contribution is 0.211. The lowest BCUT2D eigenvalue weighted by atomic mass is 10.0. The predicted molar refractivity (Wildman–Crippen MR) is 123 cm³/mol. The van der Waals surface area contributed by atoms with Crippen LogP contribution in [0.5, 0.6) is 0 Å². The molecule has 0 atom stereocenters. The summed E-state index contributed by atoms with van der Waals surface area (Å²) in [4.78, 5) is 12.0. The number of nitrogens with one attached hydrogen (secondary N) is 3. The fourth-order valence-electron chi connectivity index (χ4n) is 4.16. The fourth-order valence-corrected chi connectivity index (χ4v) is 4.16. The number of benzene rings is 1. The van der Waals surface area contributed by atoms with Gasteiger partial charge in [-0.1, -0.05) is 30.3 Å². The Morgan fingerprint density at radius 1 is 1.03 bits per heavy atom. The quantitative estimate of drug-likeness (QED) is 0.442. The van der Waals surface area contributed by atoms with Crippen LogP contribution in [-0.2, 0) is 6.54 Å². The van der Waals surface area contributed by atoms with Crippen molar-refractivity contribution in [3.8, 4) is 0 Å². The van der Waals surface area contributed by atoms with Crippen molar-refractivity contribution < 1.29 is 0 Å². The van der Waals surface area contributed by atoms with Crippen LogP contribution in [0.3, 0.4) is 0 Å². The highest BCUT2D eigenvalue weighted by Gasteiger charge is 2.20. The van der Waals surface area contributed by atoms with Gasteiger partial charge in [0.15, 0.2) is 5.82 Å². The Morgan fingerprint density at radius 3 is 2.58 bits per heavy atom. The lowest BCUT2D eigenvalue weighted by Crippen LogP contribution is -2.38. The average molecular weight is 417 g/mol. The van der Waals surface area contributed by atoms with Gasteiger partial charge in [-0.15, -0.1) is 0 Å². The molecule has 0 spiro atoms. The Kier molecular flexibility index (Phi) is 5.30. The molecular formula is C23H28N8. The van der Waals surface area contributed by atoms with Crippen molar-refractivity contribution in [1.82, 2.24) is 29.5 Å². The van der Waals surface area contributed by atoms with E-state index in [1.54, 1.807) is 0 Å². The van der Waals surface area contributed by atoms with Crippen molar-refractivity contribution in [2.75, 3.05) is 23.7 Å². The number of H-pyrrole nitrogens is 1. The summed E-state index contributed by atoms with van der Waals surface area (Å²) in [5.41, 5.74) is 4.19. The van der Waals surface area contributed by atoms with Gasteiger partial charge in [0, 0.05) is 49.7 Å². The van der Waals surface area contributed by atoms with Crippen molar-refractivity contribution in [3.05, 3.63) is 65.6 Å². The molecule has 3 N–H and O–H groups in total. The summed E-state index contributed by atoms with van der Waals surface area (Å²) in [5, 5.41) is 14.2. The average Bonchev–Trinajstić information content (AvgIpc) is 3.35. The van der Waals surface area contributed by atoms with Crippen LogP contribution in [0.25, 0.3) is 5.65 Å². The van der Waals surface area contributed by atoms with E-state index in [-0.39, 0.29) is 0 Å². The summed E-state index contributed by atoms with van der Waals surface area (Å²) >= 11 is 0. The third kappa shape index (κ3) is 4.54. The summed E-state index contributed by atoms with van der Waals surface area (Å²) in [6.45, 7) is 7.14. The minimum absolute atomic E-state index is 0.401. The maximum absolute atomic E-state index is 4.83. The minimum atomic E-state index is 0.401. The van der Waals surface area contributed by atoms with Crippen LogP contribution in [0.1, 0.15) is 29.8 Å². The highest BCUT2D eigenvalue weighted by atomic mass is 15.3. The van der Waals surface area contributed by atoms with E-state index in [4.69, 9.17) is 4.98 Å². The Balaban J connectivity index is 1.28. The van der Waals surface area contributed by atoms with Crippen molar-refractivity contribution in [2.24, 2.45) is 0 Å². The topological polar surface area (TPSA) is 86.2 Å². The molecule has 0 unspecified atom stereocenters. The van der Waals surface area contributed by atoms with Crippen molar-refractivity contribution >= 4 is 23.2 Å². The zero-order valence-corrected chi connectivity index (χ0v) is 18.0. The second-order valence-electron chi connectivity index (χ2n) is 8.32. The molecule has 1 aliphatic heterocycles. The number of nitrogens with zero attached hydrogens (tertiary/aromatic N) is 5. The number of rotatable bonds is 6. The molecular weight excluding hydrogens is 388 g/mol. The molecule has 1 aliphatic rings. The predicted octanol–water partition coefficient (Wildman–Crippen LogP) is 3.89. The van der Waals surface area contributed by atoms with Gasteiger partial charge in [0.25, 0.3) is 0 Å². The number of anilines is 3. The molecule has 0 radical (unpaired) electrons. The Labute approximate surface area is 181 Å². The Bertz CT molecular complexity index is 1160. The third-order valence-corrected chi connectivity index (χ3v) is 5.71. The first-order valence-corrected chi connectivity index (χ1v) is 10.8. The Hall–Kier alpha value is -3.39. The van der Waals surface area contributed by atoms with Gasteiger partial charge in [-0.2, -0.15) is 10.1 Å². The molecule has 3 aromatic heterocycles. The van der Waals surface area contributed by atoms with E-state index in [1.165, 1.54) is 5.56 Å². The van der Waals surface area contributed by atoms with E-state index in [2.05, 4.69) is 61.0 Å². The number of likely N-dealkylation sites (tertiary alicyclic amines) is 1. The number of aromatic amines is 1. The number of hydrogen-bond donors (Lipinski definition) is 3. The molecule has 8 heteroatoms. The van der Waals surface area contributed by atoms with Crippen LogP contribution >= 0.6 is 0 Å². The van der Waals surface area contributed by atoms with Crippen LogP contribution in [0, 0.1) is 13.8 Å². The van der Waals surface area contributed by atoms with Crippen LogP contribution < -0.4 is 10.6 Å². The van der Waals surface area contributed by atoms with Crippen molar-refractivity contribution in [1.29, 1.82) is 0 Å². The molecule has 1 saturated heterocycles. The number of fused-ring (bicyclic) bond motifs is 1. The lowest BCUT2D eigenvalue weighted by Gasteiger charge is -2.32. The fraction of sp³-hybridized carbons (Fsp3) is 0.348. The zero-order chi connectivity index (χ0) is 21.2. The maximum Gasteiger partial charge on any atom is 0.216 e. The first-order chi connectivity index (χ1) is 15.1. The SMILES string of the molecule is Cc1cn2c(Nc3cc(C)[nH]n3)nc(NC3CCN(Cc4ccccc4)CC3)cc2n1. The summed E-state index contributed by atoms with van der Waals surface area (Å²) in [6.07, 6.45) is 4.17. The van der Waals surface area contributed by atoms with E-state index in [0.717, 1.165) is 61.1 Å². The minimum Gasteiger partial charge on any atom is -0.367 e. The van der Waals surface area contributed by atoms with Gasteiger partial charge in [-0.05, 0) is 32.3 Å². The summed E-state index contributed by atoms with van der Waals surface area (Å²) < 4.78 is 1.97. The van der Waals surface area contributed by atoms with Gasteiger partial charge >= 0.3 is 0 Å². The third-order valence-electron chi connectivity index (χ3n) is 5.71. The van der Waals surface area contributed by atoms with Gasteiger partial charge in [0.05, 0.1) is 5.69 Å². The second kappa shape index (κ2) is 8.39. The van der Waals surface area contributed by atoms with E-state index in [0.29, 0.717) is 12.0 Å². The molecule has 4 aromatic rings. The first-order valence-electron chi connectivity index (χ1n) is 10.8. The zero-order valence-electron chi connectivity index (χ0n) is 18.0. The molecule has 0 amide bonds. The van der Waals surface area contributed by atoms with Crippen molar-refractivity contribution in [3.63, 3.8) is 0 Å². The molecule has 0 saturated carbocycles. The highest BCUT2D eigenvalue weighted by Crippen LogP contribution is 2.22. The van der Waals surface area contributed by atoms with E-state index < -0.39 is 0 Å². The molecule has 4 heterocycles. The smallest absolute Gasteiger partial charge is 0.216 e. The number of aromatic nitrogens is 5. The van der Waals surface area contributed by atoms with Gasteiger partial charge in [-0.3, -0.25) is 14.4 Å². The molecule has 0 bridgehead atoms. The van der Waals surface area contributed by atoms with E-state index >= 15 is 0 Å². The standard InChI is InChI=1S/C23H28N8/c1-16-12-21(29-28-16)27-23-26-20(13-22-24-17(2)14-31(22)23)25-19-8-10-30(11-9-19)15-18-6-4-3-5-7-18/h3-7,12-14,19,25H,8-11,15H2,1-2H3,(H2,26,27,28,29). The number of aryl methyl sites for hydroxylation is 2. The number of imidazole rings is 1. The summed E-state index contributed by atoms with van der Waals surface area (Å²) in [6, 6.07) is 15.1. The van der Waals surface area contributed by atoms with Crippen molar-refractivity contribution in [2.45, 2.75) is 39.3 Å². The number of piperidine rings is 1. The maximum atomic E-state index is 4.83. The van der Waals surface area contributed by atoms with Crippen LogP contribution in [0.4, 0.5) is 17.6 Å². The molecule has 5 rings (SSSR count). The van der Waals surface area contributed by atoms with Gasteiger partial charge < -0.3 is 10.6 Å². The van der Waals surface area contributed by atoms with Crippen LogP contribution in [-0.4, -0.2) is 48.6 Å².